The maximum atomic E-state index is 12.7. The van der Waals surface area contributed by atoms with E-state index in [2.05, 4.69) is 11.9 Å². The highest BCUT2D eigenvalue weighted by atomic mass is 32.2. The van der Waals surface area contributed by atoms with Crippen molar-refractivity contribution < 1.29 is 9.53 Å². The van der Waals surface area contributed by atoms with Crippen LogP contribution >= 0.6 is 24.0 Å². The Morgan fingerprint density at radius 3 is 2.74 bits per heavy atom. The van der Waals surface area contributed by atoms with Gasteiger partial charge in [0.25, 0.3) is 0 Å². The normalized spacial score (nSPS) is 21.6. The summed E-state index contributed by atoms with van der Waals surface area (Å²) < 4.78 is 8.45. The van der Waals surface area contributed by atoms with Crippen molar-refractivity contribution >= 4 is 46.3 Å². The van der Waals surface area contributed by atoms with Gasteiger partial charge in [-0.1, -0.05) is 19.1 Å². The topological polar surface area (TPSA) is 91.6 Å². The first-order valence-corrected chi connectivity index (χ1v) is 10.5. The first kappa shape index (κ1) is 21.8. The van der Waals surface area contributed by atoms with Crippen molar-refractivity contribution in [3.05, 3.63) is 15.1 Å². The van der Waals surface area contributed by atoms with Crippen molar-refractivity contribution in [2.45, 2.75) is 33.1 Å². The minimum atomic E-state index is -0.285. The molecule has 2 heterocycles. The monoisotopic (exact) mass is 412 g/mol. The van der Waals surface area contributed by atoms with Gasteiger partial charge in [0.05, 0.1) is 10.8 Å². The molecule has 0 spiro atoms. The van der Waals surface area contributed by atoms with Crippen molar-refractivity contribution in [3.63, 3.8) is 0 Å². The number of ether oxygens (including phenoxy) is 1. The number of hydrogen-bond donors (Lipinski definition) is 1. The summed E-state index contributed by atoms with van der Waals surface area (Å²) in [6.45, 7) is 5.38. The van der Waals surface area contributed by atoms with E-state index in [1.54, 1.807) is 14.1 Å². The molecule has 0 amide bonds. The molecule has 1 aromatic heterocycles. The summed E-state index contributed by atoms with van der Waals surface area (Å²) in [5.74, 6) is 1.33. The van der Waals surface area contributed by atoms with Crippen LogP contribution in [0.1, 0.15) is 33.1 Å². The highest BCUT2D eigenvalue weighted by molar-refractivity contribution is 8.14. The molecule has 1 aliphatic rings. The van der Waals surface area contributed by atoms with Crippen molar-refractivity contribution in [1.29, 1.82) is 0 Å². The lowest BCUT2D eigenvalue weighted by atomic mass is 9.84. The van der Waals surface area contributed by atoms with Gasteiger partial charge in [0.2, 0.25) is 0 Å². The Bertz CT molecular complexity index is 807. The molecule has 2 unspecified atom stereocenters. The van der Waals surface area contributed by atoms with Crippen molar-refractivity contribution in [2.75, 3.05) is 24.7 Å². The fourth-order valence-corrected chi connectivity index (χ4v) is 4.08. The molecule has 1 aliphatic heterocycles. The lowest BCUT2D eigenvalue weighted by Crippen LogP contribution is -2.28. The van der Waals surface area contributed by atoms with Gasteiger partial charge in [-0.2, -0.15) is 0 Å². The number of rotatable bonds is 4. The first-order chi connectivity index (χ1) is 12.7. The van der Waals surface area contributed by atoms with Crippen LogP contribution in [-0.4, -0.2) is 38.9 Å². The van der Waals surface area contributed by atoms with Crippen LogP contribution in [0.3, 0.4) is 0 Å². The number of ketones is 1. The number of carbonyl (C=O) groups is 1. The molecule has 150 valence electrons. The van der Waals surface area contributed by atoms with E-state index < -0.39 is 0 Å². The fourth-order valence-electron chi connectivity index (χ4n) is 3.20. The van der Waals surface area contributed by atoms with Crippen LogP contribution in [0.4, 0.5) is 11.5 Å². The molecule has 0 aromatic carbocycles. The highest BCUT2D eigenvalue weighted by Gasteiger charge is 2.25. The van der Waals surface area contributed by atoms with Crippen LogP contribution in [0.25, 0.3) is 0 Å². The minimum absolute atomic E-state index is 0.0682. The largest absolute Gasteiger partial charge is 0.393 e. The average molecular weight is 413 g/mol. The molecule has 0 radical (unpaired) electrons. The van der Waals surface area contributed by atoms with Gasteiger partial charge in [-0.15, -0.1) is 11.8 Å². The van der Waals surface area contributed by atoms with Crippen LogP contribution in [0.15, 0.2) is 9.79 Å². The van der Waals surface area contributed by atoms with E-state index in [4.69, 9.17) is 22.7 Å². The third-order valence-electron chi connectivity index (χ3n) is 4.98. The summed E-state index contributed by atoms with van der Waals surface area (Å²) in [5, 5.41) is 0.676. The number of anilines is 1. The SMILES string of the molecule is CC(=Nc1c(N)c(=S)n(C)c(=O)n1C)SCC(=O)C1CCCOCCC1C. The summed E-state index contributed by atoms with van der Waals surface area (Å²) in [4.78, 5) is 29.3. The molecule has 0 aliphatic carbocycles. The average Bonchev–Trinajstić information content (AvgIpc) is 2.63. The maximum Gasteiger partial charge on any atom is 0.330 e. The minimum Gasteiger partial charge on any atom is -0.393 e. The van der Waals surface area contributed by atoms with E-state index in [0.29, 0.717) is 22.5 Å². The smallest absolute Gasteiger partial charge is 0.330 e. The predicted molar refractivity (Wildman–Crippen MR) is 113 cm³/mol. The van der Waals surface area contributed by atoms with Crippen molar-refractivity contribution in [3.8, 4) is 0 Å². The van der Waals surface area contributed by atoms with Crippen molar-refractivity contribution in [2.24, 2.45) is 30.9 Å². The molecule has 27 heavy (non-hydrogen) atoms. The molecule has 1 saturated heterocycles. The summed E-state index contributed by atoms with van der Waals surface area (Å²) in [6.07, 6.45) is 2.70. The van der Waals surface area contributed by atoms with Crippen LogP contribution in [0.2, 0.25) is 0 Å². The zero-order valence-electron chi connectivity index (χ0n) is 16.4. The number of nitrogens with two attached hydrogens (primary N) is 1. The molecule has 2 atom stereocenters. The van der Waals surface area contributed by atoms with Gasteiger partial charge in [0, 0.05) is 33.2 Å². The Balaban J connectivity index is 2.11. The second kappa shape index (κ2) is 9.66. The van der Waals surface area contributed by atoms with Crippen LogP contribution in [0, 0.1) is 16.5 Å². The third kappa shape index (κ3) is 5.30. The molecule has 1 aromatic rings. The summed E-state index contributed by atoms with van der Waals surface area (Å²) in [5.41, 5.74) is 6.05. The summed E-state index contributed by atoms with van der Waals surface area (Å²) >= 11 is 6.57. The van der Waals surface area contributed by atoms with E-state index in [1.807, 2.05) is 6.92 Å². The van der Waals surface area contributed by atoms with E-state index in [1.165, 1.54) is 20.9 Å². The standard InChI is InChI=1S/C18H28N4O3S2/c1-11-7-9-25-8-5-6-13(11)14(23)10-27-12(2)20-16-15(19)17(26)22(4)18(24)21(16)3/h11,13H,5-10,19H2,1-4H3. The van der Waals surface area contributed by atoms with E-state index in [0.717, 1.165) is 32.5 Å². The van der Waals surface area contributed by atoms with Crippen LogP contribution in [-0.2, 0) is 23.6 Å². The highest BCUT2D eigenvalue weighted by Crippen LogP contribution is 2.27. The summed E-state index contributed by atoms with van der Waals surface area (Å²) in [6, 6.07) is 0. The van der Waals surface area contributed by atoms with E-state index in [-0.39, 0.29) is 27.7 Å². The predicted octanol–water partition coefficient (Wildman–Crippen LogP) is 2.84. The molecule has 0 saturated carbocycles. The first-order valence-electron chi connectivity index (χ1n) is 9.08. The number of Topliss-reactive ketones (excluding diaryl/α,β-unsaturated/α-hetero) is 1. The maximum absolute atomic E-state index is 12.7. The molecular weight excluding hydrogens is 384 g/mol. The lowest BCUT2D eigenvalue weighted by Gasteiger charge is -2.25. The Morgan fingerprint density at radius 1 is 1.33 bits per heavy atom. The number of carbonyl (C=O) groups excluding carboxylic acids is 1. The number of hydrogen-bond acceptors (Lipinski definition) is 7. The third-order valence-corrected chi connectivity index (χ3v) is 6.41. The number of nitrogen functional groups attached to an aromatic ring is 1. The Morgan fingerprint density at radius 2 is 2.04 bits per heavy atom. The summed E-state index contributed by atoms with van der Waals surface area (Å²) in [7, 11) is 3.18. The van der Waals surface area contributed by atoms with Gasteiger partial charge < -0.3 is 10.5 Å². The number of nitrogens with zero attached hydrogens (tertiary/aromatic N) is 3. The molecule has 0 bridgehead atoms. The molecule has 7 nitrogen and oxygen atoms in total. The Hall–Kier alpha value is -1.45. The second-order valence-electron chi connectivity index (χ2n) is 6.96. The number of thioether (sulfide) groups is 1. The van der Waals surface area contributed by atoms with Gasteiger partial charge in [0.15, 0.2) is 5.82 Å². The lowest BCUT2D eigenvalue weighted by molar-refractivity contribution is -0.122. The van der Waals surface area contributed by atoms with Gasteiger partial charge in [-0.05, 0) is 32.1 Å². The number of aliphatic imine (C=N–C) groups is 1. The zero-order valence-corrected chi connectivity index (χ0v) is 18.0. The molecule has 9 heteroatoms. The quantitative estimate of drug-likeness (QED) is 0.464. The van der Waals surface area contributed by atoms with Crippen LogP contribution < -0.4 is 11.4 Å². The molecule has 2 rings (SSSR count). The fraction of sp³-hybridized carbons (Fsp3) is 0.667. The second-order valence-corrected chi connectivity index (χ2v) is 8.51. The van der Waals surface area contributed by atoms with E-state index >= 15 is 0 Å². The number of aromatic nitrogens is 2. The van der Waals surface area contributed by atoms with E-state index in [9.17, 15) is 9.59 Å². The van der Waals surface area contributed by atoms with Crippen LogP contribution in [0.5, 0.6) is 0 Å². The zero-order chi connectivity index (χ0) is 20.1. The molecule has 1 fully saturated rings. The Kier molecular flexibility index (Phi) is 7.81. The van der Waals surface area contributed by atoms with Crippen molar-refractivity contribution in [1.82, 2.24) is 9.13 Å². The molecule has 2 N–H and O–H groups in total. The van der Waals surface area contributed by atoms with Gasteiger partial charge in [-0.25, -0.2) is 9.79 Å². The van der Waals surface area contributed by atoms with Gasteiger partial charge in [-0.3, -0.25) is 13.9 Å². The molecular formula is C18H28N4O3S2. The Labute approximate surface area is 169 Å². The van der Waals surface area contributed by atoms with Gasteiger partial charge >= 0.3 is 5.69 Å². The van der Waals surface area contributed by atoms with Gasteiger partial charge in [0.1, 0.15) is 16.1 Å².